The molecule has 0 atom stereocenters. The first kappa shape index (κ1) is 15.4. The minimum Gasteiger partial charge on any atom is -0.330 e. The van der Waals surface area contributed by atoms with Gasteiger partial charge in [0.2, 0.25) is 0 Å². The van der Waals surface area contributed by atoms with Crippen molar-refractivity contribution in [3.8, 4) is 0 Å². The lowest BCUT2D eigenvalue weighted by Gasteiger charge is -2.24. The third kappa shape index (κ3) is 3.55. The lowest BCUT2D eigenvalue weighted by molar-refractivity contribution is 0.589. The van der Waals surface area contributed by atoms with E-state index in [1.807, 2.05) is 43.0 Å². The second-order valence-electron chi connectivity index (χ2n) is 4.94. The van der Waals surface area contributed by atoms with Crippen LogP contribution in [0.1, 0.15) is 24.6 Å². The molecule has 0 saturated carbocycles. The Morgan fingerprint density at radius 1 is 1.29 bits per heavy atom. The van der Waals surface area contributed by atoms with Gasteiger partial charge in [-0.2, -0.15) is 0 Å². The predicted molar refractivity (Wildman–Crippen MR) is 83.2 cm³/mol. The molecule has 0 saturated heterocycles. The molecule has 0 amide bonds. The fourth-order valence-corrected chi connectivity index (χ4v) is 2.23. The van der Waals surface area contributed by atoms with Gasteiger partial charge in [0.1, 0.15) is 6.33 Å². The molecule has 4 nitrogen and oxygen atoms in total. The van der Waals surface area contributed by atoms with Crippen molar-refractivity contribution in [1.29, 1.82) is 0 Å². The molecule has 0 spiro atoms. The third-order valence-corrected chi connectivity index (χ3v) is 3.33. The number of rotatable bonds is 6. The molecular formula is C16H21FN4. The highest BCUT2D eigenvalue weighted by molar-refractivity contribution is 5.61. The number of nitrogens with two attached hydrogens (primary N) is 1. The van der Waals surface area contributed by atoms with Gasteiger partial charge in [-0.15, -0.1) is 0 Å². The summed E-state index contributed by atoms with van der Waals surface area (Å²) in [6, 6.07) is 7.94. The SMILES string of the molecule is CCc1ncnc(N(CCCN)c2cccc(C)c2)c1F. The second-order valence-corrected chi connectivity index (χ2v) is 4.94. The maximum Gasteiger partial charge on any atom is 0.187 e. The predicted octanol–water partition coefficient (Wildman–Crippen LogP) is 2.97. The number of aromatic nitrogens is 2. The van der Waals surface area contributed by atoms with Crippen LogP contribution in [0.3, 0.4) is 0 Å². The van der Waals surface area contributed by atoms with Crippen molar-refractivity contribution in [2.24, 2.45) is 5.73 Å². The van der Waals surface area contributed by atoms with Crippen LogP contribution in [0, 0.1) is 12.7 Å². The van der Waals surface area contributed by atoms with Gasteiger partial charge in [-0.25, -0.2) is 14.4 Å². The molecule has 112 valence electrons. The number of nitrogens with zero attached hydrogens (tertiary/aromatic N) is 3. The Morgan fingerprint density at radius 3 is 2.76 bits per heavy atom. The van der Waals surface area contributed by atoms with E-state index in [-0.39, 0.29) is 5.82 Å². The lowest BCUT2D eigenvalue weighted by Crippen LogP contribution is -2.23. The van der Waals surface area contributed by atoms with Crippen LogP contribution in [-0.4, -0.2) is 23.1 Å². The van der Waals surface area contributed by atoms with Crippen molar-refractivity contribution in [3.63, 3.8) is 0 Å². The Morgan fingerprint density at radius 2 is 2.10 bits per heavy atom. The Labute approximate surface area is 124 Å². The molecule has 0 bridgehead atoms. The smallest absolute Gasteiger partial charge is 0.187 e. The van der Waals surface area contributed by atoms with Crippen LogP contribution in [0.2, 0.25) is 0 Å². The lowest BCUT2D eigenvalue weighted by atomic mass is 10.2. The first-order valence-electron chi connectivity index (χ1n) is 7.21. The van der Waals surface area contributed by atoms with Crippen LogP contribution in [0.5, 0.6) is 0 Å². The summed E-state index contributed by atoms with van der Waals surface area (Å²) in [6.07, 6.45) is 2.72. The van der Waals surface area contributed by atoms with Crippen molar-refractivity contribution in [2.75, 3.05) is 18.0 Å². The summed E-state index contributed by atoms with van der Waals surface area (Å²) in [7, 11) is 0. The van der Waals surface area contributed by atoms with Crippen LogP contribution < -0.4 is 10.6 Å². The minimum absolute atomic E-state index is 0.320. The van der Waals surface area contributed by atoms with Gasteiger partial charge in [0.15, 0.2) is 11.6 Å². The van der Waals surface area contributed by atoms with E-state index in [2.05, 4.69) is 9.97 Å². The molecule has 1 aromatic carbocycles. The van der Waals surface area contributed by atoms with Crippen LogP contribution in [-0.2, 0) is 6.42 Å². The summed E-state index contributed by atoms with van der Waals surface area (Å²) in [5.41, 5.74) is 8.08. The molecule has 0 aliphatic carbocycles. The summed E-state index contributed by atoms with van der Waals surface area (Å²) in [6.45, 7) is 5.07. The van der Waals surface area contributed by atoms with E-state index in [0.29, 0.717) is 31.0 Å². The van der Waals surface area contributed by atoms with E-state index in [0.717, 1.165) is 17.7 Å². The standard InChI is InChI=1S/C16H21FN4/c1-3-14-15(17)16(20-11-19-14)21(9-5-8-18)13-7-4-6-12(2)10-13/h4,6-7,10-11H,3,5,8-9,18H2,1-2H3. The molecule has 21 heavy (non-hydrogen) atoms. The Balaban J connectivity index is 2.45. The Kier molecular flexibility index (Phi) is 5.22. The van der Waals surface area contributed by atoms with Gasteiger partial charge in [-0.1, -0.05) is 19.1 Å². The van der Waals surface area contributed by atoms with Gasteiger partial charge in [-0.3, -0.25) is 0 Å². The molecule has 1 aromatic heterocycles. The maximum absolute atomic E-state index is 14.5. The van der Waals surface area contributed by atoms with Crippen LogP contribution in [0.25, 0.3) is 0 Å². The van der Waals surface area contributed by atoms with Gasteiger partial charge in [0.25, 0.3) is 0 Å². The van der Waals surface area contributed by atoms with Crippen molar-refractivity contribution in [3.05, 3.63) is 47.7 Å². The van der Waals surface area contributed by atoms with Crippen molar-refractivity contribution < 1.29 is 4.39 Å². The molecule has 0 unspecified atom stereocenters. The van der Waals surface area contributed by atoms with Gasteiger partial charge in [0, 0.05) is 12.2 Å². The topological polar surface area (TPSA) is 55.0 Å². The minimum atomic E-state index is -0.349. The maximum atomic E-state index is 14.5. The first-order valence-corrected chi connectivity index (χ1v) is 7.21. The average molecular weight is 288 g/mol. The summed E-state index contributed by atoms with van der Waals surface area (Å²) >= 11 is 0. The molecule has 0 aliphatic rings. The molecule has 5 heteroatoms. The van der Waals surface area contributed by atoms with E-state index in [1.54, 1.807) is 0 Å². The van der Waals surface area contributed by atoms with Crippen molar-refractivity contribution >= 4 is 11.5 Å². The highest BCUT2D eigenvalue weighted by Crippen LogP contribution is 2.27. The summed E-state index contributed by atoms with van der Waals surface area (Å²) in [5, 5.41) is 0. The number of halogens is 1. The quantitative estimate of drug-likeness (QED) is 0.888. The van der Waals surface area contributed by atoms with Gasteiger partial charge in [-0.05, 0) is 44.0 Å². The fraction of sp³-hybridized carbons (Fsp3) is 0.375. The van der Waals surface area contributed by atoms with Crippen LogP contribution in [0.4, 0.5) is 15.9 Å². The number of aryl methyl sites for hydroxylation is 2. The summed E-state index contributed by atoms with van der Waals surface area (Å²) in [4.78, 5) is 10.0. The van der Waals surface area contributed by atoms with E-state index in [4.69, 9.17) is 5.73 Å². The monoisotopic (exact) mass is 288 g/mol. The van der Waals surface area contributed by atoms with Gasteiger partial charge < -0.3 is 10.6 Å². The van der Waals surface area contributed by atoms with Crippen molar-refractivity contribution in [1.82, 2.24) is 9.97 Å². The average Bonchev–Trinajstić information content (AvgIpc) is 2.49. The summed E-state index contributed by atoms with van der Waals surface area (Å²) in [5.74, 6) is -0.0283. The zero-order chi connectivity index (χ0) is 15.2. The zero-order valence-corrected chi connectivity index (χ0v) is 12.5. The molecular weight excluding hydrogens is 267 g/mol. The van der Waals surface area contributed by atoms with E-state index < -0.39 is 0 Å². The second kappa shape index (κ2) is 7.13. The van der Waals surface area contributed by atoms with Gasteiger partial charge in [0.05, 0.1) is 5.69 Å². The zero-order valence-electron chi connectivity index (χ0n) is 12.5. The molecule has 0 aliphatic heterocycles. The number of benzene rings is 1. The van der Waals surface area contributed by atoms with Gasteiger partial charge >= 0.3 is 0 Å². The van der Waals surface area contributed by atoms with Crippen molar-refractivity contribution in [2.45, 2.75) is 26.7 Å². The summed E-state index contributed by atoms with van der Waals surface area (Å²) < 4.78 is 14.5. The third-order valence-electron chi connectivity index (χ3n) is 3.33. The molecule has 0 radical (unpaired) electrons. The number of hydrogen-bond acceptors (Lipinski definition) is 4. The van der Waals surface area contributed by atoms with E-state index in [9.17, 15) is 4.39 Å². The number of hydrogen-bond donors (Lipinski definition) is 1. The molecule has 0 fully saturated rings. The first-order chi connectivity index (χ1) is 10.2. The molecule has 2 aromatic rings. The highest BCUT2D eigenvalue weighted by atomic mass is 19.1. The number of anilines is 2. The highest BCUT2D eigenvalue weighted by Gasteiger charge is 2.18. The van der Waals surface area contributed by atoms with E-state index >= 15 is 0 Å². The Bertz CT molecular complexity index is 601. The normalized spacial score (nSPS) is 10.7. The largest absolute Gasteiger partial charge is 0.330 e. The van der Waals surface area contributed by atoms with Crippen LogP contribution >= 0.6 is 0 Å². The fourth-order valence-electron chi connectivity index (χ4n) is 2.23. The van der Waals surface area contributed by atoms with E-state index in [1.165, 1.54) is 6.33 Å². The molecule has 2 rings (SSSR count). The Hall–Kier alpha value is -2.01. The molecule has 1 heterocycles. The molecule has 2 N–H and O–H groups in total. The van der Waals surface area contributed by atoms with Crippen LogP contribution in [0.15, 0.2) is 30.6 Å².